The summed E-state index contributed by atoms with van der Waals surface area (Å²) in [5.74, 6) is 1.12. The molecule has 0 amide bonds. The number of aryl methyl sites for hydroxylation is 1. The molecule has 0 unspecified atom stereocenters. The van der Waals surface area contributed by atoms with Crippen molar-refractivity contribution in [1.82, 2.24) is 0 Å². The van der Waals surface area contributed by atoms with E-state index in [-0.39, 0.29) is 0 Å². The normalized spacial score (nSPS) is 9.80. The van der Waals surface area contributed by atoms with Crippen LogP contribution in [0, 0.1) is 13.0 Å². The molecule has 0 N–H and O–H groups in total. The molecule has 0 spiro atoms. The quantitative estimate of drug-likeness (QED) is 0.586. The van der Waals surface area contributed by atoms with Gasteiger partial charge in [0.1, 0.15) is 0 Å². The predicted molar refractivity (Wildman–Crippen MR) is 46.4 cm³/mol. The Kier molecular flexibility index (Phi) is 2.82. The molecule has 0 fully saturated rings. The van der Waals surface area contributed by atoms with Crippen molar-refractivity contribution < 1.29 is 0 Å². The maximum Gasteiger partial charge on any atom is 0.0153 e. The average molecular weight is 151 g/mol. The summed E-state index contributed by atoms with van der Waals surface area (Å²) in [6.07, 6.45) is 0. The first-order valence-electron chi connectivity index (χ1n) is 3.44. The molecule has 10 heavy (non-hydrogen) atoms. The second kappa shape index (κ2) is 3.67. The molecule has 0 nitrogen and oxygen atoms in total. The van der Waals surface area contributed by atoms with Crippen LogP contribution in [0.4, 0.5) is 0 Å². The van der Waals surface area contributed by atoms with Gasteiger partial charge in [0.15, 0.2) is 0 Å². The fourth-order valence-corrected chi connectivity index (χ4v) is 1.52. The molecule has 0 aliphatic rings. The van der Waals surface area contributed by atoms with E-state index in [0.717, 1.165) is 5.75 Å². The minimum atomic E-state index is 1.12. The molecule has 0 aromatic heterocycles. The molecule has 0 aliphatic heterocycles. The molecule has 0 atom stereocenters. The Labute approximate surface area is 66.6 Å². The molecule has 1 rings (SSSR count). The summed E-state index contributed by atoms with van der Waals surface area (Å²) in [5.41, 5.74) is 1.22. The fourth-order valence-electron chi connectivity index (χ4n) is 0.797. The van der Waals surface area contributed by atoms with Crippen molar-refractivity contribution in [3.63, 3.8) is 0 Å². The highest BCUT2D eigenvalue weighted by Crippen LogP contribution is 2.16. The summed E-state index contributed by atoms with van der Waals surface area (Å²) in [6.45, 7) is 4.22. The van der Waals surface area contributed by atoms with Gasteiger partial charge in [-0.25, -0.2) is 0 Å². The zero-order valence-corrected chi connectivity index (χ0v) is 7.16. The highest BCUT2D eigenvalue weighted by Gasteiger charge is 1.90. The minimum absolute atomic E-state index is 1.12. The number of hydrogen-bond acceptors (Lipinski definition) is 1. The molecule has 0 saturated carbocycles. The molecule has 1 radical (unpaired) electrons. The summed E-state index contributed by atoms with van der Waals surface area (Å²) in [6, 6.07) is 9.51. The maximum absolute atomic E-state index is 3.27. The summed E-state index contributed by atoms with van der Waals surface area (Å²) in [5, 5.41) is 0. The van der Waals surface area contributed by atoms with Crippen LogP contribution in [0.3, 0.4) is 0 Å². The smallest absolute Gasteiger partial charge is 0.0153 e. The van der Waals surface area contributed by atoms with Gasteiger partial charge in [-0.2, -0.15) is 0 Å². The van der Waals surface area contributed by atoms with Crippen molar-refractivity contribution in [2.24, 2.45) is 0 Å². The second-order valence-electron chi connectivity index (χ2n) is 2.13. The minimum Gasteiger partial charge on any atom is -0.126 e. The molecule has 0 saturated heterocycles. The van der Waals surface area contributed by atoms with Crippen molar-refractivity contribution in [2.45, 2.75) is 18.7 Å². The van der Waals surface area contributed by atoms with E-state index < -0.39 is 0 Å². The standard InChI is InChI=1S/C9H11S/c1-3-10-9-6-4-5-8(2)7-9/h4-6H,3H2,1-2H3. The van der Waals surface area contributed by atoms with E-state index in [0.29, 0.717) is 0 Å². The molecule has 0 heterocycles. The van der Waals surface area contributed by atoms with E-state index in [4.69, 9.17) is 0 Å². The largest absolute Gasteiger partial charge is 0.126 e. The van der Waals surface area contributed by atoms with Gasteiger partial charge in [0, 0.05) is 4.90 Å². The summed E-state index contributed by atoms with van der Waals surface area (Å²) in [4.78, 5) is 1.25. The van der Waals surface area contributed by atoms with E-state index >= 15 is 0 Å². The van der Waals surface area contributed by atoms with Crippen LogP contribution in [-0.4, -0.2) is 5.75 Å². The Morgan fingerprint density at radius 3 is 2.90 bits per heavy atom. The summed E-state index contributed by atoms with van der Waals surface area (Å²) in [7, 11) is 0. The second-order valence-corrected chi connectivity index (χ2v) is 3.44. The van der Waals surface area contributed by atoms with Crippen molar-refractivity contribution in [1.29, 1.82) is 0 Å². The summed E-state index contributed by atoms with van der Waals surface area (Å²) >= 11 is 1.83. The van der Waals surface area contributed by atoms with Crippen LogP contribution in [0.2, 0.25) is 0 Å². The van der Waals surface area contributed by atoms with E-state index in [9.17, 15) is 0 Å². The lowest BCUT2D eigenvalue weighted by Crippen LogP contribution is -1.75. The Morgan fingerprint density at radius 1 is 1.50 bits per heavy atom. The van der Waals surface area contributed by atoms with Crippen LogP contribution in [0.5, 0.6) is 0 Å². The van der Waals surface area contributed by atoms with Crippen molar-refractivity contribution in [2.75, 3.05) is 5.75 Å². The molecule has 53 valence electrons. The maximum atomic E-state index is 3.27. The third-order valence-corrected chi connectivity index (χ3v) is 2.05. The lowest BCUT2D eigenvalue weighted by Gasteiger charge is -1.96. The number of benzene rings is 1. The first-order valence-corrected chi connectivity index (χ1v) is 4.43. The number of hydrogen-bond donors (Lipinski definition) is 0. The first kappa shape index (κ1) is 7.67. The number of rotatable bonds is 2. The lowest BCUT2D eigenvalue weighted by molar-refractivity contribution is 1.34. The van der Waals surface area contributed by atoms with Gasteiger partial charge in [-0.15, -0.1) is 11.8 Å². The van der Waals surface area contributed by atoms with Gasteiger partial charge < -0.3 is 0 Å². The van der Waals surface area contributed by atoms with E-state index in [1.165, 1.54) is 10.5 Å². The monoisotopic (exact) mass is 151 g/mol. The Hall–Kier alpha value is -0.430. The van der Waals surface area contributed by atoms with E-state index in [1.54, 1.807) is 0 Å². The zero-order valence-electron chi connectivity index (χ0n) is 6.35. The van der Waals surface area contributed by atoms with Gasteiger partial charge in [-0.05, 0) is 30.4 Å². The molecule has 0 bridgehead atoms. The highest BCUT2D eigenvalue weighted by molar-refractivity contribution is 7.99. The summed E-state index contributed by atoms with van der Waals surface area (Å²) < 4.78 is 0. The van der Waals surface area contributed by atoms with Gasteiger partial charge >= 0.3 is 0 Å². The molecule has 0 aliphatic carbocycles. The lowest BCUT2D eigenvalue weighted by atomic mass is 10.2. The van der Waals surface area contributed by atoms with Crippen molar-refractivity contribution in [3.05, 3.63) is 29.8 Å². The molecular weight excluding hydrogens is 140 g/mol. The third kappa shape index (κ3) is 2.07. The Balaban J connectivity index is 2.75. The Morgan fingerprint density at radius 2 is 2.30 bits per heavy atom. The predicted octanol–water partition coefficient (Wildman–Crippen LogP) is 2.91. The van der Waals surface area contributed by atoms with Gasteiger partial charge in [-0.3, -0.25) is 0 Å². The van der Waals surface area contributed by atoms with Gasteiger partial charge in [-0.1, -0.05) is 19.1 Å². The van der Waals surface area contributed by atoms with Crippen LogP contribution in [-0.2, 0) is 0 Å². The fraction of sp³-hybridized carbons (Fsp3) is 0.333. The first-order chi connectivity index (χ1) is 4.83. The van der Waals surface area contributed by atoms with Gasteiger partial charge in [0.05, 0.1) is 0 Å². The highest BCUT2D eigenvalue weighted by atomic mass is 32.2. The third-order valence-electron chi connectivity index (χ3n) is 1.21. The van der Waals surface area contributed by atoms with Crippen LogP contribution < -0.4 is 0 Å². The van der Waals surface area contributed by atoms with E-state index in [2.05, 4.69) is 38.1 Å². The SMILES string of the molecule is CCSc1[c]c(C)ccc1. The van der Waals surface area contributed by atoms with Crippen LogP contribution >= 0.6 is 11.8 Å². The van der Waals surface area contributed by atoms with Crippen LogP contribution in [0.1, 0.15) is 12.5 Å². The Bertz CT molecular complexity index is 206. The molecule has 1 heteroatoms. The van der Waals surface area contributed by atoms with E-state index in [1.807, 2.05) is 11.8 Å². The average Bonchev–Trinajstić information content (AvgIpc) is 1.88. The molecular formula is C9H11S. The molecule has 1 aromatic carbocycles. The van der Waals surface area contributed by atoms with Gasteiger partial charge in [0.2, 0.25) is 0 Å². The van der Waals surface area contributed by atoms with Gasteiger partial charge in [0.25, 0.3) is 0 Å². The van der Waals surface area contributed by atoms with Crippen LogP contribution in [0.25, 0.3) is 0 Å². The van der Waals surface area contributed by atoms with Crippen LogP contribution in [0.15, 0.2) is 23.1 Å². The number of thioether (sulfide) groups is 1. The van der Waals surface area contributed by atoms with Crippen molar-refractivity contribution in [3.8, 4) is 0 Å². The molecule has 1 aromatic rings. The zero-order chi connectivity index (χ0) is 7.40. The van der Waals surface area contributed by atoms with Crippen molar-refractivity contribution >= 4 is 11.8 Å². The topological polar surface area (TPSA) is 0 Å².